The molecular formula is C38H39FO8. The summed E-state index contributed by atoms with van der Waals surface area (Å²) in [7, 11) is 0. The molecule has 47 heavy (non-hydrogen) atoms. The molecule has 4 aromatic rings. The van der Waals surface area contributed by atoms with Crippen LogP contribution in [-0.4, -0.2) is 66.7 Å². The number of hydrogen-bond acceptors (Lipinski definition) is 8. The molecule has 4 unspecified atom stereocenters. The zero-order valence-electron chi connectivity index (χ0n) is 26.0. The summed E-state index contributed by atoms with van der Waals surface area (Å²) in [5.41, 5.74) is 2.17. The minimum atomic E-state index is -1.60. The SMILES string of the molecule is OCC12COC(c3ccc(F)c(Cc4ccc(OC5CCOC5)cc4)c3)(O1)C(OCc1ccccc1)[C@@H](OCc1ccccc1)[C@@H]2O. The Morgan fingerprint density at radius 3 is 2.19 bits per heavy atom. The molecule has 2 bridgehead atoms. The summed E-state index contributed by atoms with van der Waals surface area (Å²) in [5.74, 6) is -1.23. The van der Waals surface area contributed by atoms with E-state index in [0.29, 0.717) is 30.8 Å². The summed E-state index contributed by atoms with van der Waals surface area (Å²) in [6, 6.07) is 31.6. The second kappa shape index (κ2) is 13.8. The second-order valence-electron chi connectivity index (χ2n) is 12.4. The third-order valence-corrected chi connectivity index (χ3v) is 9.19. The molecular weight excluding hydrogens is 603 g/mol. The van der Waals surface area contributed by atoms with Crippen LogP contribution in [0.3, 0.4) is 0 Å². The Labute approximate surface area is 273 Å². The van der Waals surface area contributed by atoms with Crippen LogP contribution < -0.4 is 4.74 Å². The fraction of sp³-hybridized carbons (Fsp3) is 0.368. The third-order valence-electron chi connectivity index (χ3n) is 9.19. The number of hydrogen-bond donors (Lipinski definition) is 2. The molecule has 9 heteroatoms. The van der Waals surface area contributed by atoms with Crippen LogP contribution in [0.5, 0.6) is 5.75 Å². The molecule has 0 radical (unpaired) electrons. The Morgan fingerprint density at radius 2 is 1.53 bits per heavy atom. The van der Waals surface area contributed by atoms with E-state index < -0.39 is 36.3 Å². The van der Waals surface area contributed by atoms with Gasteiger partial charge in [0.15, 0.2) is 0 Å². The van der Waals surface area contributed by atoms with Crippen molar-refractivity contribution < 1.29 is 43.0 Å². The quantitative estimate of drug-likeness (QED) is 0.222. The van der Waals surface area contributed by atoms with E-state index in [4.69, 9.17) is 28.4 Å². The zero-order chi connectivity index (χ0) is 32.3. The first kappa shape index (κ1) is 31.9. The lowest BCUT2D eigenvalue weighted by atomic mass is 9.83. The van der Waals surface area contributed by atoms with Crippen molar-refractivity contribution in [2.75, 3.05) is 26.4 Å². The van der Waals surface area contributed by atoms with Crippen LogP contribution in [0, 0.1) is 5.82 Å². The van der Waals surface area contributed by atoms with Crippen LogP contribution in [0.2, 0.25) is 0 Å². The van der Waals surface area contributed by atoms with Crippen LogP contribution in [-0.2, 0) is 49.1 Å². The van der Waals surface area contributed by atoms with Crippen molar-refractivity contribution in [2.45, 2.75) is 61.9 Å². The van der Waals surface area contributed by atoms with E-state index in [-0.39, 0.29) is 31.7 Å². The fourth-order valence-electron chi connectivity index (χ4n) is 6.58. The minimum Gasteiger partial charge on any atom is -0.488 e. The number of aliphatic hydroxyl groups excluding tert-OH is 2. The summed E-state index contributed by atoms with van der Waals surface area (Å²) in [6.07, 6.45) is -2.00. The second-order valence-corrected chi connectivity index (χ2v) is 12.4. The standard InChI is InChI=1S/C38H39FO8/c39-33-16-13-30(20-29(33)19-26-11-14-31(15-12-26)46-32-17-18-42-23-32)38-36(44-22-28-9-5-2-6-10-28)34(43-21-27-7-3-1-4-8-27)35(41)37(24-40,47-38)25-45-38/h1-16,20,32,34-36,40-41H,17-19,21-25H2/t32?,34-,35-,36?,37?,38?/m0/s1. The van der Waals surface area contributed by atoms with E-state index >= 15 is 4.39 Å². The highest BCUT2D eigenvalue weighted by molar-refractivity contribution is 5.37. The van der Waals surface area contributed by atoms with Crippen LogP contribution in [0.15, 0.2) is 103 Å². The number of benzene rings is 4. The van der Waals surface area contributed by atoms with Gasteiger partial charge in [0, 0.05) is 18.4 Å². The van der Waals surface area contributed by atoms with Crippen LogP contribution in [0.1, 0.15) is 34.2 Å². The highest BCUT2D eigenvalue weighted by Gasteiger charge is 2.68. The van der Waals surface area contributed by atoms with E-state index in [1.807, 2.05) is 84.9 Å². The number of ether oxygens (including phenoxy) is 6. The zero-order valence-corrected chi connectivity index (χ0v) is 26.0. The molecule has 3 fully saturated rings. The number of halogens is 1. The van der Waals surface area contributed by atoms with E-state index in [9.17, 15) is 10.2 Å². The van der Waals surface area contributed by atoms with Gasteiger partial charge in [0.1, 0.15) is 41.6 Å². The van der Waals surface area contributed by atoms with Gasteiger partial charge in [-0.25, -0.2) is 4.39 Å². The molecule has 246 valence electrons. The Kier molecular flexibility index (Phi) is 9.38. The van der Waals surface area contributed by atoms with E-state index in [1.54, 1.807) is 12.1 Å². The van der Waals surface area contributed by atoms with E-state index in [0.717, 1.165) is 28.9 Å². The van der Waals surface area contributed by atoms with Gasteiger partial charge in [-0.2, -0.15) is 0 Å². The van der Waals surface area contributed by atoms with Gasteiger partial charge >= 0.3 is 0 Å². The molecule has 0 aromatic heterocycles. The molecule has 3 saturated heterocycles. The number of aliphatic hydroxyl groups is 2. The highest BCUT2D eigenvalue weighted by atomic mass is 19.1. The first-order valence-electron chi connectivity index (χ1n) is 16.0. The van der Waals surface area contributed by atoms with Gasteiger partial charge in [0.05, 0.1) is 39.6 Å². The lowest BCUT2D eigenvalue weighted by molar-refractivity contribution is -0.347. The average Bonchev–Trinajstić information content (AvgIpc) is 3.76. The van der Waals surface area contributed by atoms with Crippen molar-refractivity contribution in [3.63, 3.8) is 0 Å². The average molecular weight is 643 g/mol. The Morgan fingerprint density at radius 1 is 0.830 bits per heavy atom. The van der Waals surface area contributed by atoms with Crippen molar-refractivity contribution >= 4 is 0 Å². The molecule has 3 heterocycles. The molecule has 0 spiro atoms. The predicted octanol–water partition coefficient (Wildman–Crippen LogP) is 5.06. The normalized spacial score (nSPS) is 28.4. The summed E-state index contributed by atoms with van der Waals surface area (Å²) in [6.45, 7) is 1.02. The van der Waals surface area contributed by atoms with Gasteiger partial charge in [-0.1, -0.05) is 78.9 Å². The topological polar surface area (TPSA) is 95.8 Å². The van der Waals surface area contributed by atoms with Crippen molar-refractivity contribution in [2.24, 2.45) is 0 Å². The van der Waals surface area contributed by atoms with Gasteiger partial charge in [0.2, 0.25) is 5.79 Å². The Balaban J connectivity index is 1.20. The summed E-state index contributed by atoms with van der Waals surface area (Å²) in [4.78, 5) is 0. The lowest BCUT2D eigenvalue weighted by Crippen LogP contribution is -2.66. The van der Waals surface area contributed by atoms with Crippen LogP contribution in [0.25, 0.3) is 0 Å². The summed E-state index contributed by atoms with van der Waals surface area (Å²) in [5, 5.41) is 22.2. The molecule has 3 aliphatic heterocycles. The maximum absolute atomic E-state index is 15.4. The first-order valence-corrected chi connectivity index (χ1v) is 16.0. The first-order chi connectivity index (χ1) is 23.0. The maximum atomic E-state index is 15.4. The maximum Gasteiger partial charge on any atom is 0.225 e. The van der Waals surface area contributed by atoms with Crippen LogP contribution >= 0.6 is 0 Å². The van der Waals surface area contributed by atoms with Gasteiger partial charge < -0.3 is 38.6 Å². The molecule has 3 aliphatic rings. The van der Waals surface area contributed by atoms with Gasteiger partial charge in [0.25, 0.3) is 0 Å². The van der Waals surface area contributed by atoms with Gasteiger partial charge in [-0.15, -0.1) is 0 Å². The van der Waals surface area contributed by atoms with E-state index in [1.165, 1.54) is 6.07 Å². The Bertz CT molecular complexity index is 1610. The molecule has 2 N–H and O–H groups in total. The largest absolute Gasteiger partial charge is 0.488 e. The number of rotatable bonds is 12. The predicted molar refractivity (Wildman–Crippen MR) is 170 cm³/mol. The summed E-state index contributed by atoms with van der Waals surface area (Å²) >= 11 is 0. The van der Waals surface area contributed by atoms with Crippen molar-refractivity contribution in [1.29, 1.82) is 0 Å². The molecule has 8 nitrogen and oxygen atoms in total. The van der Waals surface area contributed by atoms with E-state index in [2.05, 4.69) is 0 Å². The molecule has 6 atom stereocenters. The molecule has 0 amide bonds. The van der Waals surface area contributed by atoms with Crippen molar-refractivity contribution in [1.82, 2.24) is 0 Å². The third kappa shape index (κ3) is 6.58. The van der Waals surface area contributed by atoms with Gasteiger partial charge in [-0.05, 0) is 46.5 Å². The lowest BCUT2D eigenvalue weighted by Gasteiger charge is -2.49. The highest BCUT2D eigenvalue weighted by Crippen LogP contribution is 2.52. The smallest absolute Gasteiger partial charge is 0.225 e. The molecule has 0 saturated carbocycles. The molecule has 0 aliphatic carbocycles. The van der Waals surface area contributed by atoms with Crippen LogP contribution in [0.4, 0.5) is 4.39 Å². The minimum absolute atomic E-state index is 0.0400. The van der Waals surface area contributed by atoms with Gasteiger partial charge in [-0.3, -0.25) is 0 Å². The Hall–Kier alpha value is -3.67. The molecule has 4 aromatic carbocycles. The monoisotopic (exact) mass is 642 g/mol. The molecule has 7 rings (SSSR count). The fourth-order valence-corrected chi connectivity index (χ4v) is 6.58. The number of fused-ring (bicyclic) bond motifs is 2. The summed E-state index contributed by atoms with van der Waals surface area (Å²) < 4.78 is 52.7. The van der Waals surface area contributed by atoms with Crippen molar-refractivity contribution in [3.05, 3.63) is 137 Å². The van der Waals surface area contributed by atoms with Crippen molar-refractivity contribution in [3.8, 4) is 5.75 Å².